The Morgan fingerprint density at radius 2 is 1.30 bits per heavy atom. The van der Waals surface area contributed by atoms with Crippen LogP contribution in [-0.2, 0) is 6.42 Å². The smallest absolute Gasteiger partial charge is 0.160 e. The van der Waals surface area contributed by atoms with Gasteiger partial charge in [0.05, 0.1) is 0 Å². The Bertz CT molecular complexity index is 426. The fourth-order valence-electron chi connectivity index (χ4n) is 2.38. The zero-order chi connectivity index (χ0) is 20.8. The van der Waals surface area contributed by atoms with Gasteiger partial charge in [-0.15, -0.1) is 0 Å². The first-order valence-corrected chi connectivity index (χ1v) is 10.6. The average molecular weight is 381 g/mol. The summed E-state index contributed by atoms with van der Waals surface area (Å²) in [6, 6.07) is 7.74. The van der Waals surface area contributed by atoms with Gasteiger partial charge in [0.2, 0.25) is 0 Å². The molecule has 1 rings (SSSR count). The van der Waals surface area contributed by atoms with Crippen molar-refractivity contribution in [2.45, 2.75) is 59.8 Å². The van der Waals surface area contributed by atoms with Crippen molar-refractivity contribution in [2.75, 3.05) is 39.3 Å². The standard InChI is InChI=1S/C10H26N4.C10H12O.C2H6/c11-5-3-9-13-7-1-2-8-14-10-4-6-12;1-3-9-6-4-5-7-10(9)8(2)11;1-2/h13-14H,1-12H2;4-7H,3H2,1-2H3;1-2H3. The van der Waals surface area contributed by atoms with E-state index in [2.05, 4.69) is 17.6 Å². The maximum absolute atomic E-state index is 11.0. The lowest BCUT2D eigenvalue weighted by Crippen LogP contribution is -2.22. The number of nitrogens with two attached hydrogens (primary N) is 2. The zero-order valence-electron chi connectivity index (χ0n) is 18.2. The number of Topliss-reactive ketones (excluding diaryl/α,β-unsaturated/α-hetero) is 1. The van der Waals surface area contributed by atoms with Crippen LogP contribution in [0.5, 0.6) is 0 Å². The molecule has 0 aliphatic heterocycles. The molecule has 0 saturated carbocycles. The number of carbonyl (C=O) groups excluding carboxylic acids is 1. The van der Waals surface area contributed by atoms with Crippen LogP contribution in [-0.4, -0.2) is 45.1 Å². The molecule has 0 radical (unpaired) electrons. The summed E-state index contributed by atoms with van der Waals surface area (Å²) in [7, 11) is 0. The van der Waals surface area contributed by atoms with Gasteiger partial charge in [-0.3, -0.25) is 4.79 Å². The highest BCUT2D eigenvalue weighted by Crippen LogP contribution is 2.09. The summed E-state index contributed by atoms with van der Waals surface area (Å²) in [5, 5.41) is 6.72. The molecule has 0 amide bonds. The highest BCUT2D eigenvalue weighted by Gasteiger charge is 2.02. The third kappa shape index (κ3) is 17.9. The quantitative estimate of drug-likeness (QED) is 0.312. The van der Waals surface area contributed by atoms with Crippen molar-refractivity contribution in [3.8, 4) is 0 Å². The number of aryl methyl sites for hydroxylation is 1. The molecule has 0 spiro atoms. The minimum atomic E-state index is 0.155. The number of ketones is 1. The van der Waals surface area contributed by atoms with Crippen molar-refractivity contribution in [3.05, 3.63) is 35.4 Å². The van der Waals surface area contributed by atoms with E-state index in [1.54, 1.807) is 6.92 Å². The largest absolute Gasteiger partial charge is 0.330 e. The van der Waals surface area contributed by atoms with Crippen LogP contribution in [0.4, 0.5) is 0 Å². The third-order valence-corrected chi connectivity index (χ3v) is 3.85. The second kappa shape index (κ2) is 22.8. The molecule has 5 heteroatoms. The third-order valence-electron chi connectivity index (χ3n) is 3.85. The molecule has 6 N–H and O–H groups in total. The number of hydrogen-bond acceptors (Lipinski definition) is 5. The van der Waals surface area contributed by atoms with Crippen LogP contribution < -0.4 is 22.1 Å². The van der Waals surface area contributed by atoms with Crippen LogP contribution >= 0.6 is 0 Å². The molecule has 0 heterocycles. The summed E-state index contributed by atoms with van der Waals surface area (Å²) in [6.07, 6.45) is 5.56. The van der Waals surface area contributed by atoms with Crippen molar-refractivity contribution in [3.63, 3.8) is 0 Å². The molecular formula is C22H44N4O. The molecule has 0 fully saturated rings. The van der Waals surface area contributed by atoms with Crippen LogP contribution in [0.1, 0.15) is 69.3 Å². The zero-order valence-corrected chi connectivity index (χ0v) is 18.2. The number of carbonyl (C=O) groups is 1. The second-order valence-electron chi connectivity index (χ2n) is 6.06. The number of unbranched alkanes of at least 4 members (excludes halogenated alkanes) is 1. The Morgan fingerprint density at radius 1 is 0.852 bits per heavy atom. The first-order chi connectivity index (χ1) is 13.2. The van der Waals surface area contributed by atoms with E-state index in [0.717, 1.165) is 69.7 Å². The van der Waals surface area contributed by atoms with Crippen LogP contribution in [0.2, 0.25) is 0 Å². The molecule has 27 heavy (non-hydrogen) atoms. The Labute approximate surface area is 167 Å². The molecule has 0 bridgehead atoms. The molecular weight excluding hydrogens is 336 g/mol. The van der Waals surface area contributed by atoms with E-state index >= 15 is 0 Å². The Kier molecular flexibility index (Phi) is 23.6. The number of benzene rings is 1. The van der Waals surface area contributed by atoms with E-state index in [0.29, 0.717) is 0 Å². The number of hydrogen-bond donors (Lipinski definition) is 4. The van der Waals surface area contributed by atoms with Gasteiger partial charge >= 0.3 is 0 Å². The fraction of sp³-hybridized carbons (Fsp3) is 0.682. The summed E-state index contributed by atoms with van der Waals surface area (Å²) >= 11 is 0. The van der Waals surface area contributed by atoms with Gasteiger partial charge in [0.25, 0.3) is 0 Å². The molecule has 0 atom stereocenters. The van der Waals surface area contributed by atoms with Gasteiger partial charge in [0, 0.05) is 5.56 Å². The van der Waals surface area contributed by atoms with Crippen molar-refractivity contribution >= 4 is 5.78 Å². The Morgan fingerprint density at radius 3 is 1.67 bits per heavy atom. The lowest BCUT2D eigenvalue weighted by molar-refractivity contribution is 0.101. The summed E-state index contributed by atoms with van der Waals surface area (Å²) < 4.78 is 0. The summed E-state index contributed by atoms with van der Waals surface area (Å²) in [5.41, 5.74) is 12.7. The van der Waals surface area contributed by atoms with Crippen molar-refractivity contribution in [2.24, 2.45) is 11.5 Å². The van der Waals surface area contributed by atoms with Crippen molar-refractivity contribution in [1.82, 2.24) is 10.6 Å². The molecule has 0 unspecified atom stereocenters. The van der Waals surface area contributed by atoms with Crippen molar-refractivity contribution < 1.29 is 4.79 Å². The lowest BCUT2D eigenvalue weighted by atomic mass is 10.0. The van der Waals surface area contributed by atoms with Gasteiger partial charge in [-0.05, 0) is 83.9 Å². The van der Waals surface area contributed by atoms with Gasteiger partial charge in [0.15, 0.2) is 5.78 Å². The predicted molar refractivity (Wildman–Crippen MR) is 119 cm³/mol. The van der Waals surface area contributed by atoms with E-state index < -0.39 is 0 Å². The monoisotopic (exact) mass is 380 g/mol. The van der Waals surface area contributed by atoms with Gasteiger partial charge in [-0.1, -0.05) is 45.0 Å². The number of rotatable bonds is 13. The van der Waals surface area contributed by atoms with E-state index in [9.17, 15) is 4.79 Å². The normalized spacial score (nSPS) is 9.70. The molecule has 0 aliphatic rings. The van der Waals surface area contributed by atoms with E-state index in [1.165, 1.54) is 12.8 Å². The Balaban J connectivity index is 0. The average Bonchev–Trinajstić information content (AvgIpc) is 2.71. The van der Waals surface area contributed by atoms with Gasteiger partial charge in [-0.2, -0.15) is 0 Å². The molecule has 0 saturated heterocycles. The summed E-state index contributed by atoms with van der Waals surface area (Å²) in [6.45, 7) is 13.6. The fourth-order valence-corrected chi connectivity index (χ4v) is 2.38. The van der Waals surface area contributed by atoms with E-state index in [1.807, 2.05) is 38.1 Å². The summed E-state index contributed by atoms with van der Waals surface area (Å²) in [4.78, 5) is 11.0. The van der Waals surface area contributed by atoms with Gasteiger partial charge in [0.1, 0.15) is 0 Å². The highest BCUT2D eigenvalue weighted by atomic mass is 16.1. The molecule has 0 aromatic heterocycles. The van der Waals surface area contributed by atoms with Gasteiger partial charge in [-0.25, -0.2) is 0 Å². The maximum atomic E-state index is 11.0. The SMILES string of the molecule is CC.CCc1ccccc1C(C)=O.NCCCNCCCCNCCCN. The van der Waals surface area contributed by atoms with E-state index in [4.69, 9.17) is 11.5 Å². The number of nitrogens with one attached hydrogen (secondary N) is 2. The first kappa shape index (κ1) is 27.9. The van der Waals surface area contributed by atoms with Crippen LogP contribution in [0, 0.1) is 0 Å². The van der Waals surface area contributed by atoms with E-state index in [-0.39, 0.29) is 5.78 Å². The molecule has 158 valence electrons. The van der Waals surface area contributed by atoms with Crippen molar-refractivity contribution in [1.29, 1.82) is 0 Å². The topological polar surface area (TPSA) is 93.2 Å². The van der Waals surface area contributed by atoms with Crippen LogP contribution in [0.15, 0.2) is 24.3 Å². The maximum Gasteiger partial charge on any atom is 0.160 e. The van der Waals surface area contributed by atoms with Gasteiger partial charge < -0.3 is 22.1 Å². The minimum absolute atomic E-state index is 0.155. The second-order valence-corrected chi connectivity index (χ2v) is 6.06. The Hall–Kier alpha value is -1.27. The lowest BCUT2D eigenvalue weighted by Gasteiger charge is -2.04. The minimum Gasteiger partial charge on any atom is -0.330 e. The molecule has 1 aromatic carbocycles. The predicted octanol–water partition coefficient (Wildman–Crippen LogP) is 3.12. The van der Waals surface area contributed by atoms with Crippen LogP contribution in [0.3, 0.4) is 0 Å². The first-order valence-electron chi connectivity index (χ1n) is 10.6. The van der Waals surface area contributed by atoms with Crippen LogP contribution in [0.25, 0.3) is 0 Å². The molecule has 5 nitrogen and oxygen atoms in total. The summed E-state index contributed by atoms with van der Waals surface area (Å²) in [5.74, 6) is 0.155. The highest BCUT2D eigenvalue weighted by molar-refractivity contribution is 5.95. The molecule has 0 aliphatic carbocycles. The molecule has 1 aromatic rings.